The van der Waals surface area contributed by atoms with Gasteiger partial charge in [0.1, 0.15) is 5.82 Å². The Kier molecular flexibility index (Phi) is 3.14. The maximum absolute atomic E-state index is 13.8. The quantitative estimate of drug-likeness (QED) is 0.826. The van der Waals surface area contributed by atoms with Crippen LogP contribution in [0.1, 0.15) is 21.7 Å². The molecule has 94 valence electrons. The second-order valence-corrected chi connectivity index (χ2v) is 5.64. The molecular formula is C14H15FN2S. The van der Waals surface area contributed by atoms with Crippen LogP contribution in [0, 0.1) is 12.7 Å². The number of hydrogen-bond acceptors (Lipinski definition) is 3. The largest absolute Gasteiger partial charge is 0.293 e. The molecule has 4 heteroatoms. The van der Waals surface area contributed by atoms with Crippen LogP contribution in [0.15, 0.2) is 23.7 Å². The first-order valence-corrected chi connectivity index (χ1v) is 6.99. The lowest BCUT2D eigenvalue weighted by Gasteiger charge is -2.28. The molecule has 1 aliphatic rings. The maximum atomic E-state index is 13.8. The van der Waals surface area contributed by atoms with Crippen LogP contribution in [0.2, 0.25) is 0 Å². The second-order valence-electron chi connectivity index (χ2n) is 4.70. The van der Waals surface area contributed by atoms with Crippen molar-refractivity contribution in [1.82, 2.24) is 9.88 Å². The van der Waals surface area contributed by atoms with E-state index in [2.05, 4.69) is 9.88 Å². The van der Waals surface area contributed by atoms with Gasteiger partial charge in [-0.1, -0.05) is 12.1 Å². The van der Waals surface area contributed by atoms with Crippen molar-refractivity contribution < 1.29 is 4.39 Å². The summed E-state index contributed by atoms with van der Waals surface area (Å²) in [6, 6.07) is 5.39. The summed E-state index contributed by atoms with van der Waals surface area (Å²) in [7, 11) is 0. The van der Waals surface area contributed by atoms with Gasteiger partial charge < -0.3 is 0 Å². The molecule has 0 saturated heterocycles. The minimum absolute atomic E-state index is 0.0711. The maximum Gasteiger partial charge on any atom is 0.127 e. The van der Waals surface area contributed by atoms with Crippen LogP contribution in [0.5, 0.6) is 0 Å². The molecule has 0 spiro atoms. The lowest BCUT2D eigenvalue weighted by Crippen LogP contribution is -2.30. The molecule has 0 bridgehead atoms. The zero-order chi connectivity index (χ0) is 12.5. The number of halogens is 1. The lowest BCUT2D eigenvalue weighted by atomic mass is 9.99. The SMILES string of the molecule is Cc1ncsc1CN1CCc2cccc(F)c2C1. The van der Waals surface area contributed by atoms with Gasteiger partial charge >= 0.3 is 0 Å². The normalized spacial score (nSPS) is 15.7. The fourth-order valence-electron chi connectivity index (χ4n) is 2.41. The fraction of sp³-hybridized carbons (Fsp3) is 0.357. The molecule has 0 aliphatic carbocycles. The standard InChI is InChI=1S/C14H15FN2S/c1-10-14(18-9-16-10)8-17-6-5-11-3-2-4-13(15)12(11)7-17/h2-4,9H,5-8H2,1H3. The number of fused-ring (bicyclic) bond motifs is 1. The van der Waals surface area contributed by atoms with Gasteiger partial charge in [0.15, 0.2) is 0 Å². The molecule has 1 aliphatic heterocycles. The highest BCUT2D eigenvalue weighted by Crippen LogP contribution is 2.24. The second kappa shape index (κ2) is 4.78. The number of aryl methyl sites for hydroxylation is 1. The van der Waals surface area contributed by atoms with E-state index < -0.39 is 0 Å². The average molecular weight is 262 g/mol. The summed E-state index contributed by atoms with van der Waals surface area (Å²) < 4.78 is 13.8. The molecule has 0 saturated carbocycles. The van der Waals surface area contributed by atoms with Crippen molar-refractivity contribution in [1.29, 1.82) is 0 Å². The molecular weight excluding hydrogens is 247 g/mol. The molecule has 0 N–H and O–H groups in total. The van der Waals surface area contributed by atoms with Gasteiger partial charge in [-0.2, -0.15) is 0 Å². The molecule has 3 rings (SSSR count). The summed E-state index contributed by atoms with van der Waals surface area (Å²) in [5, 5.41) is 0. The highest BCUT2D eigenvalue weighted by Gasteiger charge is 2.19. The van der Waals surface area contributed by atoms with Gasteiger partial charge in [-0.25, -0.2) is 9.37 Å². The van der Waals surface area contributed by atoms with Gasteiger partial charge in [-0.15, -0.1) is 11.3 Å². The van der Waals surface area contributed by atoms with E-state index in [4.69, 9.17) is 0 Å². The summed E-state index contributed by atoms with van der Waals surface area (Å²) in [5.74, 6) is -0.0711. The van der Waals surface area contributed by atoms with E-state index in [0.29, 0.717) is 6.54 Å². The van der Waals surface area contributed by atoms with Gasteiger partial charge in [0.25, 0.3) is 0 Å². The van der Waals surface area contributed by atoms with Crippen molar-refractivity contribution >= 4 is 11.3 Å². The topological polar surface area (TPSA) is 16.1 Å². The van der Waals surface area contributed by atoms with Crippen molar-refractivity contribution in [2.75, 3.05) is 6.54 Å². The molecule has 0 unspecified atom stereocenters. The molecule has 0 radical (unpaired) electrons. The third kappa shape index (κ3) is 2.18. The number of thiazole rings is 1. The van der Waals surface area contributed by atoms with Crippen LogP contribution in [-0.4, -0.2) is 16.4 Å². The van der Waals surface area contributed by atoms with Crippen LogP contribution in [0.25, 0.3) is 0 Å². The molecule has 1 aromatic carbocycles. The van der Waals surface area contributed by atoms with E-state index in [0.717, 1.165) is 36.3 Å². The first-order valence-electron chi connectivity index (χ1n) is 6.11. The molecule has 1 aromatic heterocycles. The van der Waals surface area contributed by atoms with E-state index >= 15 is 0 Å². The van der Waals surface area contributed by atoms with E-state index in [9.17, 15) is 4.39 Å². The number of aromatic nitrogens is 1. The first kappa shape index (κ1) is 11.8. The zero-order valence-electron chi connectivity index (χ0n) is 10.3. The van der Waals surface area contributed by atoms with Gasteiger partial charge in [0.05, 0.1) is 11.2 Å². The Bertz CT molecular complexity index is 565. The van der Waals surface area contributed by atoms with Gasteiger partial charge in [0.2, 0.25) is 0 Å². The van der Waals surface area contributed by atoms with Gasteiger partial charge in [-0.3, -0.25) is 4.90 Å². The third-order valence-electron chi connectivity index (χ3n) is 3.51. The van der Waals surface area contributed by atoms with E-state index in [1.807, 2.05) is 18.5 Å². The molecule has 2 heterocycles. The Morgan fingerprint density at radius 1 is 1.44 bits per heavy atom. The smallest absolute Gasteiger partial charge is 0.127 e. The molecule has 0 fully saturated rings. The van der Waals surface area contributed by atoms with Crippen LogP contribution in [0.3, 0.4) is 0 Å². The number of nitrogens with zero attached hydrogens (tertiary/aromatic N) is 2. The Morgan fingerprint density at radius 2 is 2.33 bits per heavy atom. The Hall–Kier alpha value is -1.26. The predicted molar refractivity (Wildman–Crippen MR) is 71.1 cm³/mol. The first-order chi connectivity index (χ1) is 8.74. The number of hydrogen-bond donors (Lipinski definition) is 0. The predicted octanol–water partition coefficient (Wildman–Crippen LogP) is 3.15. The van der Waals surface area contributed by atoms with Crippen molar-refractivity contribution in [3.8, 4) is 0 Å². The minimum Gasteiger partial charge on any atom is -0.293 e. The summed E-state index contributed by atoms with van der Waals surface area (Å²) in [6.07, 6.45) is 0.935. The molecule has 18 heavy (non-hydrogen) atoms. The minimum atomic E-state index is -0.0711. The van der Waals surface area contributed by atoms with Crippen molar-refractivity contribution in [3.63, 3.8) is 0 Å². The van der Waals surface area contributed by atoms with E-state index in [-0.39, 0.29) is 5.82 Å². The van der Waals surface area contributed by atoms with E-state index in [1.54, 1.807) is 23.5 Å². The van der Waals surface area contributed by atoms with Crippen molar-refractivity contribution in [2.45, 2.75) is 26.4 Å². The van der Waals surface area contributed by atoms with Crippen LogP contribution >= 0.6 is 11.3 Å². The molecule has 0 atom stereocenters. The molecule has 2 aromatic rings. The Morgan fingerprint density at radius 3 is 3.11 bits per heavy atom. The van der Waals surface area contributed by atoms with E-state index in [1.165, 1.54) is 4.88 Å². The fourth-order valence-corrected chi connectivity index (χ4v) is 3.23. The zero-order valence-corrected chi connectivity index (χ0v) is 11.1. The summed E-state index contributed by atoms with van der Waals surface area (Å²) in [4.78, 5) is 7.85. The molecule has 2 nitrogen and oxygen atoms in total. The van der Waals surface area contributed by atoms with Gasteiger partial charge in [0, 0.05) is 30.1 Å². The summed E-state index contributed by atoms with van der Waals surface area (Å²) >= 11 is 1.68. The Balaban J connectivity index is 1.79. The van der Waals surface area contributed by atoms with Crippen LogP contribution in [-0.2, 0) is 19.5 Å². The Labute approximate surface area is 110 Å². The highest BCUT2D eigenvalue weighted by atomic mass is 32.1. The highest BCUT2D eigenvalue weighted by molar-refractivity contribution is 7.09. The van der Waals surface area contributed by atoms with Gasteiger partial charge in [-0.05, 0) is 25.0 Å². The average Bonchev–Trinajstić information content (AvgIpc) is 2.76. The lowest BCUT2D eigenvalue weighted by molar-refractivity contribution is 0.242. The monoisotopic (exact) mass is 262 g/mol. The van der Waals surface area contributed by atoms with Crippen molar-refractivity contribution in [2.24, 2.45) is 0 Å². The molecule has 0 amide bonds. The summed E-state index contributed by atoms with van der Waals surface area (Å²) in [5.41, 5.74) is 5.00. The van der Waals surface area contributed by atoms with Crippen LogP contribution in [0.4, 0.5) is 4.39 Å². The van der Waals surface area contributed by atoms with Crippen LogP contribution < -0.4 is 0 Å². The number of rotatable bonds is 2. The number of benzene rings is 1. The third-order valence-corrected chi connectivity index (χ3v) is 4.43. The summed E-state index contributed by atoms with van der Waals surface area (Å²) in [6.45, 7) is 4.61. The van der Waals surface area contributed by atoms with Crippen molar-refractivity contribution in [3.05, 3.63) is 51.2 Å².